The predicted octanol–water partition coefficient (Wildman–Crippen LogP) is 2.19. The molecule has 0 amide bonds. The molecule has 0 fully saturated rings. The maximum absolute atomic E-state index is 13.7. The Balaban J connectivity index is 3.07. The van der Waals surface area contributed by atoms with Gasteiger partial charge in [-0.05, 0) is 44.9 Å². The molecule has 0 aromatic heterocycles. The number of nitrogens with one attached hydrogen (secondary N) is 1. The summed E-state index contributed by atoms with van der Waals surface area (Å²) in [7, 11) is -4.29. The van der Waals surface area contributed by atoms with Gasteiger partial charge in [-0.2, -0.15) is 0 Å². The summed E-state index contributed by atoms with van der Waals surface area (Å²) in [6, 6.07) is 1.41. The zero-order valence-electron chi connectivity index (χ0n) is 11.9. The molecule has 0 saturated heterocycles. The first kappa shape index (κ1) is 17.5. The van der Waals surface area contributed by atoms with Crippen molar-refractivity contribution < 1.29 is 27.1 Å². The zero-order chi connectivity index (χ0) is 16.4. The number of sulfonamides is 1. The molecule has 0 unspecified atom stereocenters. The van der Waals surface area contributed by atoms with Crippen molar-refractivity contribution in [2.45, 2.75) is 44.0 Å². The topological polar surface area (TPSA) is 83.5 Å². The number of carboxylic acids is 1. The summed E-state index contributed by atoms with van der Waals surface area (Å²) in [6.45, 7) is 4.25. The Morgan fingerprint density at radius 3 is 2.38 bits per heavy atom. The molecule has 1 rings (SSSR count). The fraction of sp³-hybridized carbons (Fsp3) is 0.462. The highest BCUT2D eigenvalue weighted by Crippen LogP contribution is 2.22. The summed E-state index contributed by atoms with van der Waals surface area (Å²) in [5, 5.41) is 8.62. The SMILES string of the molecule is Cc1cc(F)c(S(=O)(=O)NC(C)(C)CCC(=O)O)cc1F. The van der Waals surface area contributed by atoms with E-state index in [0.717, 1.165) is 6.07 Å². The first-order valence-electron chi connectivity index (χ1n) is 6.16. The molecule has 0 bridgehead atoms. The molecule has 118 valence electrons. The van der Waals surface area contributed by atoms with E-state index in [1.807, 2.05) is 0 Å². The Morgan fingerprint density at radius 1 is 1.29 bits per heavy atom. The van der Waals surface area contributed by atoms with Crippen LogP contribution in [-0.4, -0.2) is 25.0 Å². The molecule has 8 heteroatoms. The van der Waals surface area contributed by atoms with Crippen LogP contribution in [0.5, 0.6) is 0 Å². The lowest BCUT2D eigenvalue weighted by Crippen LogP contribution is -2.43. The Labute approximate surface area is 122 Å². The fourth-order valence-corrected chi connectivity index (χ4v) is 3.24. The van der Waals surface area contributed by atoms with E-state index in [1.165, 1.54) is 20.8 Å². The van der Waals surface area contributed by atoms with Gasteiger partial charge in [0.05, 0.1) is 0 Å². The number of aryl methyl sites for hydroxylation is 1. The minimum atomic E-state index is -4.29. The normalized spacial score (nSPS) is 12.4. The molecular formula is C13H17F2NO4S. The van der Waals surface area contributed by atoms with E-state index in [9.17, 15) is 22.0 Å². The Kier molecular flexibility index (Phi) is 5.06. The van der Waals surface area contributed by atoms with Gasteiger partial charge in [0.2, 0.25) is 10.0 Å². The van der Waals surface area contributed by atoms with E-state index < -0.39 is 38.1 Å². The molecule has 21 heavy (non-hydrogen) atoms. The number of hydrogen-bond acceptors (Lipinski definition) is 3. The summed E-state index contributed by atoms with van der Waals surface area (Å²) in [6.07, 6.45) is -0.238. The summed E-state index contributed by atoms with van der Waals surface area (Å²) >= 11 is 0. The molecular weight excluding hydrogens is 304 g/mol. The van der Waals surface area contributed by atoms with Gasteiger partial charge >= 0.3 is 5.97 Å². The largest absolute Gasteiger partial charge is 0.481 e. The van der Waals surface area contributed by atoms with Crippen molar-refractivity contribution >= 4 is 16.0 Å². The maximum Gasteiger partial charge on any atom is 0.303 e. The Hall–Kier alpha value is -1.54. The highest BCUT2D eigenvalue weighted by atomic mass is 32.2. The van der Waals surface area contributed by atoms with Crippen molar-refractivity contribution in [1.82, 2.24) is 4.72 Å². The number of carbonyl (C=O) groups is 1. The predicted molar refractivity (Wildman–Crippen MR) is 72.4 cm³/mol. The van der Waals surface area contributed by atoms with Gasteiger partial charge in [-0.1, -0.05) is 0 Å². The zero-order valence-corrected chi connectivity index (χ0v) is 12.7. The average Bonchev–Trinajstić information content (AvgIpc) is 2.30. The molecule has 0 radical (unpaired) electrons. The van der Waals surface area contributed by atoms with Gasteiger partial charge in [-0.25, -0.2) is 21.9 Å². The third-order valence-electron chi connectivity index (χ3n) is 2.88. The quantitative estimate of drug-likeness (QED) is 0.841. The summed E-state index contributed by atoms with van der Waals surface area (Å²) in [5.41, 5.74) is -1.11. The van der Waals surface area contributed by atoms with Crippen LogP contribution in [0.2, 0.25) is 0 Å². The fourth-order valence-electron chi connectivity index (χ4n) is 1.72. The van der Waals surface area contributed by atoms with Crippen molar-refractivity contribution in [1.29, 1.82) is 0 Å². The maximum atomic E-state index is 13.7. The molecule has 5 nitrogen and oxygen atoms in total. The average molecular weight is 321 g/mol. The molecule has 0 aliphatic heterocycles. The standard InChI is InChI=1S/C13H17F2NO4S/c1-8-6-10(15)11(7-9(8)14)21(19,20)16-13(2,3)5-4-12(17)18/h6-7,16H,4-5H2,1-3H3,(H,17,18). The third-order valence-corrected chi connectivity index (χ3v) is 4.59. The second-order valence-electron chi connectivity index (χ2n) is 5.41. The van der Waals surface area contributed by atoms with Crippen molar-refractivity contribution in [3.63, 3.8) is 0 Å². The molecule has 0 spiro atoms. The molecule has 0 aliphatic carbocycles. The number of rotatable bonds is 6. The van der Waals surface area contributed by atoms with E-state index >= 15 is 0 Å². The second-order valence-corrected chi connectivity index (χ2v) is 7.07. The van der Waals surface area contributed by atoms with E-state index in [1.54, 1.807) is 0 Å². The number of benzene rings is 1. The van der Waals surface area contributed by atoms with E-state index in [2.05, 4.69) is 4.72 Å². The van der Waals surface area contributed by atoms with Crippen LogP contribution in [0.4, 0.5) is 8.78 Å². The van der Waals surface area contributed by atoms with Gasteiger partial charge in [0.25, 0.3) is 0 Å². The lowest BCUT2D eigenvalue weighted by atomic mass is 10.0. The Morgan fingerprint density at radius 2 is 1.86 bits per heavy atom. The van der Waals surface area contributed by atoms with Crippen molar-refractivity contribution in [3.8, 4) is 0 Å². The van der Waals surface area contributed by atoms with Crippen LogP contribution in [0.1, 0.15) is 32.3 Å². The third kappa shape index (κ3) is 4.75. The van der Waals surface area contributed by atoms with Gasteiger partial charge < -0.3 is 5.11 Å². The van der Waals surface area contributed by atoms with E-state index in [-0.39, 0.29) is 18.4 Å². The summed E-state index contributed by atoms with van der Waals surface area (Å²) < 4.78 is 53.6. The minimum Gasteiger partial charge on any atom is -0.481 e. The highest BCUT2D eigenvalue weighted by Gasteiger charge is 2.29. The Bertz CT molecular complexity index is 656. The van der Waals surface area contributed by atoms with Crippen LogP contribution in [0.15, 0.2) is 17.0 Å². The van der Waals surface area contributed by atoms with Crippen LogP contribution in [0.3, 0.4) is 0 Å². The molecule has 2 N–H and O–H groups in total. The van der Waals surface area contributed by atoms with E-state index in [4.69, 9.17) is 5.11 Å². The number of halogens is 2. The van der Waals surface area contributed by atoms with Crippen molar-refractivity contribution in [2.75, 3.05) is 0 Å². The van der Waals surface area contributed by atoms with Crippen molar-refractivity contribution in [2.24, 2.45) is 0 Å². The van der Waals surface area contributed by atoms with Crippen molar-refractivity contribution in [3.05, 3.63) is 29.3 Å². The lowest BCUT2D eigenvalue weighted by Gasteiger charge is -2.25. The van der Waals surface area contributed by atoms with Gasteiger partial charge in [0.1, 0.15) is 16.5 Å². The molecule has 0 aliphatic rings. The van der Waals surface area contributed by atoms with Crippen LogP contribution in [0, 0.1) is 18.6 Å². The van der Waals surface area contributed by atoms with Crippen LogP contribution in [0.25, 0.3) is 0 Å². The minimum absolute atomic E-state index is 0.00316. The first-order valence-corrected chi connectivity index (χ1v) is 7.64. The van der Waals surface area contributed by atoms with Crippen LogP contribution in [-0.2, 0) is 14.8 Å². The molecule has 0 saturated carbocycles. The summed E-state index contributed by atoms with van der Waals surface area (Å²) in [4.78, 5) is 9.73. The van der Waals surface area contributed by atoms with E-state index in [0.29, 0.717) is 6.07 Å². The van der Waals surface area contributed by atoms with Gasteiger partial charge in [-0.15, -0.1) is 0 Å². The molecule has 0 atom stereocenters. The molecule has 0 heterocycles. The first-order chi connectivity index (χ1) is 9.44. The number of carboxylic acid groups (broad SMARTS) is 1. The number of aliphatic carboxylic acids is 1. The molecule has 1 aromatic carbocycles. The van der Waals surface area contributed by atoms with Crippen LogP contribution < -0.4 is 4.72 Å². The lowest BCUT2D eigenvalue weighted by molar-refractivity contribution is -0.137. The second kappa shape index (κ2) is 6.07. The summed E-state index contributed by atoms with van der Waals surface area (Å²) in [5.74, 6) is -2.97. The van der Waals surface area contributed by atoms with Gasteiger partial charge in [0.15, 0.2) is 0 Å². The van der Waals surface area contributed by atoms with Gasteiger partial charge in [-0.3, -0.25) is 4.79 Å². The molecule has 1 aromatic rings. The van der Waals surface area contributed by atoms with Gasteiger partial charge in [0, 0.05) is 12.0 Å². The smallest absolute Gasteiger partial charge is 0.303 e. The highest BCUT2D eigenvalue weighted by molar-refractivity contribution is 7.89. The number of hydrogen-bond donors (Lipinski definition) is 2. The van der Waals surface area contributed by atoms with Crippen LogP contribution >= 0.6 is 0 Å². The monoisotopic (exact) mass is 321 g/mol.